The zero-order valence-electron chi connectivity index (χ0n) is 11.8. The third-order valence-corrected chi connectivity index (χ3v) is 3.23. The van der Waals surface area contributed by atoms with Crippen LogP contribution in [0.2, 0.25) is 5.02 Å². The summed E-state index contributed by atoms with van der Waals surface area (Å²) in [6, 6.07) is 7.14. The molecule has 0 aliphatic rings. The Hall–Kier alpha value is -1.92. The number of carboxylic acid groups (broad SMARTS) is 1. The van der Waals surface area contributed by atoms with Gasteiger partial charge >= 0.3 is 5.97 Å². The Labute approximate surface area is 127 Å². The van der Waals surface area contributed by atoms with Gasteiger partial charge in [-0.2, -0.15) is 4.98 Å². The Morgan fingerprint density at radius 3 is 2.71 bits per heavy atom. The third kappa shape index (κ3) is 4.27. The highest BCUT2D eigenvalue weighted by atomic mass is 35.5. The fourth-order valence-corrected chi connectivity index (χ4v) is 2.00. The minimum absolute atomic E-state index is 0.401. The van der Waals surface area contributed by atoms with Crippen molar-refractivity contribution in [1.29, 1.82) is 0 Å². The molecule has 1 aromatic carbocycles. The highest BCUT2D eigenvalue weighted by Crippen LogP contribution is 2.19. The number of aromatic nitrogens is 2. The minimum atomic E-state index is -0.825. The van der Waals surface area contributed by atoms with E-state index in [0.717, 1.165) is 5.56 Å². The lowest BCUT2D eigenvalue weighted by atomic mass is 10.2. The normalized spacial score (nSPS) is 12.6. The number of carboxylic acids is 1. The fourth-order valence-electron chi connectivity index (χ4n) is 1.88. The SMILES string of the molecule is CC(CN(C)Cc1nc(-c2ccc(Cl)cc2)no1)C(=O)O. The molecule has 0 saturated heterocycles. The van der Waals surface area contributed by atoms with Gasteiger partial charge in [0.1, 0.15) is 0 Å². The minimum Gasteiger partial charge on any atom is -0.481 e. The van der Waals surface area contributed by atoms with Gasteiger partial charge in [-0.15, -0.1) is 0 Å². The van der Waals surface area contributed by atoms with E-state index in [1.807, 2.05) is 24.1 Å². The summed E-state index contributed by atoms with van der Waals surface area (Å²) in [6.45, 7) is 2.47. The second kappa shape index (κ2) is 6.69. The van der Waals surface area contributed by atoms with Crippen LogP contribution in [-0.4, -0.2) is 39.7 Å². The molecule has 0 spiro atoms. The lowest BCUT2D eigenvalue weighted by Gasteiger charge is -2.16. The predicted octanol–water partition coefficient (Wildman–Crippen LogP) is 2.54. The molecule has 0 aliphatic heterocycles. The topological polar surface area (TPSA) is 79.5 Å². The van der Waals surface area contributed by atoms with E-state index in [0.29, 0.717) is 29.8 Å². The van der Waals surface area contributed by atoms with E-state index >= 15 is 0 Å². The molecule has 1 aromatic heterocycles. The molecule has 1 atom stereocenters. The maximum absolute atomic E-state index is 10.8. The number of hydrogen-bond acceptors (Lipinski definition) is 5. The summed E-state index contributed by atoms with van der Waals surface area (Å²) in [7, 11) is 1.81. The molecule has 112 valence electrons. The van der Waals surface area contributed by atoms with Gasteiger partial charge in [-0.3, -0.25) is 9.69 Å². The van der Waals surface area contributed by atoms with Crippen molar-refractivity contribution in [3.05, 3.63) is 35.2 Å². The Balaban J connectivity index is 2.00. The van der Waals surface area contributed by atoms with E-state index in [-0.39, 0.29) is 0 Å². The zero-order valence-corrected chi connectivity index (χ0v) is 12.5. The van der Waals surface area contributed by atoms with Crippen molar-refractivity contribution in [3.8, 4) is 11.4 Å². The van der Waals surface area contributed by atoms with Crippen LogP contribution in [0, 0.1) is 5.92 Å². The van der Waals surface area contributed by atoms with Crippen molar-refractivity contribution < 1.29 is 14.4 Å². The Morgan fingerprint density at radius 2 is 2.10 bits per heavy atom. The van der Waals surface area contributed by atoms with Crippen LogP contribution in [0.4, 0.5) is 0 Å². The maximum atomic E-state index is 10.8. The molecule has 1 heterocycles. The zero-order chi connectivity index (χ0) is 15.4. The van der Waals surface area contributed by atoms with Crippen molar-refractivity contribution >= 4 is 17.6 Å². The van der Waals surface area contributed by atoms with Gasteiger partial charge in [0.2, 0.25) is 11.7 Å². The standard InChI is InChI=1S/C14H16ClN3O3/c1-9(14(19)20)7-18(2)8-12-16-13(17-21-12)10-3-5-11(15)6-4-10/h3-6,9H,7-8H2,1-2H3,(H,19,20). The highest BCUT2D eigenvalue weighted by Gasteiger charge is 2.16. The number of aliphatic carboxylic acids is 1. The van der Waals surface area contributed by atoms with Crippen LogP contribution in [-0.2, 0) is 11.3 Å². The first kappa shape index (κ1) is 15.5. The lowest BCUT2D eigenvalue weighted by molar-refractivity contribution is -0.141. The van der Waals surface area contributed by atoms with E-state index in [9.17, 15) is 4.79 Å². The number of rotatable bonds is 6. The number of nitrogens with zero attached hydrogens (tertiary/aromatic N) is 3. The van der Waals surface area contributed by atoms with Crippen LogP contribution >= 0.6 is 11.6 Å². The molecule has 1 unspecified atom stereocenters. The quantitative estimate of drug-likeness (QED) is 0.883. The van der Waals surface area contributed by atoms with E-state index < -0.39 is 11.9 Å². The average Bonchev–Trinajstić information content (AvgIpc) is 2.87. The molecule has 2 aromatic rings. The van der Waals surface area contributed by atoms with E-state index in [4.69, 9.17) is 21.2 Å². The van der Waals surface area contributed by atoms with Crippen molar-refractivity contribution in [1.82, 2.24) is 15.0 Å². The Morgan fingerprint density at radius 1 is 1.43 bits per heavy atom. The van der Waals surface area contributed by atoms with Gasteiger partial charge in [0.25, 0.3) is 0 Å². The van der Waals surface area contributed by atoms with Crippen LogP contribution in [0.5, 0.6) is 0 Å². The second-order valence-electron chi connectivity index (χ2n) is 4.95. The first-order valence-corrected chi connectivity index (χ1v) is 6.83. The molecule has 6 nitrogen and oxygen atoms in total. The summed E-state index contributed by atoms with van der Waals surface area (Å²) in [4.78, 5) is 16.9. The molecule has 0 fully saturated rings. The largest absolute Gasteiger partial charge is 0.481 e. The summed E-state index contributed by atoms with van der Waals surface area (Å²) >= 11 is 5.83. The summed E-state index contributed by atoms with van der Waals surface area (Å²) in [5.74, 6) is -0.343. The van der Waals surface area contributed by atoms with Gasteiger partial charge in [-0.25, -0.2) is 0 Å². The number of carbonyl (C=O) groups is 1. The monoisotopic (exact) mass is 309 g/mol. The molecule has 1 N–H and O–H groups in total. The molecule has 0 saturated carbocycles. The molecule has 0 aliphatic carbocycles. The third-order valence-electron chi connectivity index (χ3n) is 2.98. The molecule has 21 heavy (non-hydrogen) atoms. The number of benzene rings is 1. The van der Waals surface area contributed by atoms with Crippen molar-refractivity contribution in [3.63, 3.8) is 0 Å². The molecule has 7 heteroatoms. The Kier molecular flexibility index (Phi) is 4.93. The lowest BCUT2D eigenvalue weighted by Crippen LogP contribution is -2.28. The van der Waals surface area contributed by atoms with Gasteiger partial charge in [-0.1, -0.05) is 23.7 Å². The van der Waals surface area contributed by atoms with E-state index in [1.165, 1.54) is 0 Å². The van der Waals surface area contributed by atoms with E-state index in [1.54, 1.807) is 19.1 Å². The fraction of sp³-hybridized carbons (Fsp3) is 0.357. The summed E-state index contributed by atoms with van der Waals surface area (Å²) in [5.41, 5.74) is 0.816. The van der Waals surface area contributed by atoms with Gasteiger partial charge in [0.15, 0.2) is 0 Å². The molecule has 2 rings (SSSR count). The maximum Gasteiger partial charge on any atom is 0.307 e. The summed E-state index contributed by atoms with van der Waals surface area (Å²) < 4.78 is 5.18. The van der Waals surface area contributed by atoms with Crippen LogP contribution in [0.25, 0.3) is 11.4 Å². The van der Waals surface area contributed by atoms with Crippen LogP contribution in [0.1, 0.15) is 12.8 Å². The average molecular weight is 310 g/mol. The van der Waals surface area contributed by atoms with Gasteiger partial charge in [0, 0.05) is 17.1 Å². The van der Waals surface area contributed by atoms with Crippen LogP contribution in [0.3, 0.4) is 0 Å². The summed E-state index contributed by atoms with van der Waals surface area (Å²) in [6.07, 6.45) is 0. The first-order valence-electron chi connectivity index (χ1n) is 6.45. The predicted molar refractivity (Wildman–Crippen MR) is 77.9 cm³/mol. The molecular weight excluding hydrogens is 294 g/mol. The first-order chi connectivity index (χ1) is 9.95. The highest BCUT2D eigenvalue weighted by molar-refractivity contribution is 6.30. The second-order valence-corrected chi connectivity index (χ2v) is 5.39. The molecule has 0 radical (unpaired) electrons. The molecule has 0 amide bonds. The van der Waals surface area contributed by atoms with Crippen LogP contribution < -0.4 is 0 Å². The number of hydrogen-bond donors (Lipinski definition) is 1. The van der Waals surface area contributed by atoms with Crippen molar-refractivity contribution in [2.75, 3.05) is 13.6 Å². The smallest absolute Gasteiger partial charge is 0.307 e. The molecule has 0 bridgehead atoms. The number of halogens is 1. The van der Waals surface area contributed by atoms with Gasteiger partial charge in [0.05, 0.1) is 12.5 Å². The molecular formula is C14H16ClN3O3. The summed E-state index contributed by atoms with van der Waals surface area (Å²) in [5, 5.41) is 13.4. The van der Waals surface area contributed by atoms with Gasteiger partial charge in [-0.05, 0) is 31.3 Å². The van der Waals surface area contributed by atoms with Gasteiger partial charge < -0.3 is 9.63 Å². The van der Waals surface area contributed by atoms with Crippen LogP contribution in [0.15, 0.2) is 28.8 Å². The Bertz CT molecular complexity index is 612. The van der Waals surface area contributed by atoms with Crippen molar-refractivity contribution in [2.45, 2.75) is 13.5 Å². The van der Waals surface area contributed by atoms with Crippen molar-refractivity contribution in [2.24, 2.45) is 5.92 Å². The van der Waals surface area contributed by atoms with E-state index in [2.05, 4.69) is 10.1 Å².